The van der Waals surface area contributed by atoms with Crippen LogP contribution < -0.4 is 0 Å². The van der Waals surface area contributed by atoms with Crippen molar-refractivity contribution in [2.45, 2.75) is 37.9 Å². The van der Waals surface area contributed by atoms with Crippen molar-refractivity contribution in [1.82, 2.24) is 0 Å². The Hall–Kier alpha value is -2.21. The monoisotopic (exact) mass is 380 g/mol. The molecule has 2 rings (SSSR count). The van der Waals surface area contributed by atoms with Crippen LogP contribution in [-0.4, -0.2) is 33.1 Å². The van der Waals surface area contributed by atoms with Crippen LogP contribution in [0.5, 0.6) is 0 Å². The molecule has 3 atom stereocenters. The molecular weight excluding hydrogens is 359 g/mol. The Morgan fingerprint density at radius 2 is 1.77 bits per heavy atom. The third kappa shape index (κ3) is 4.69. The summed E-state index contributed by atoms with van der Waals surface area (Å²) in [7, 11) is -4.37. The molecule has 0 aliphatic rings. The Balaban J connectivity index is 2.35. The second kappa shape index (κ2) is 8.45. The lowest BCUT2D eigenvalue weighted by Crippen LogP contribution is -2.24. The summed E-state index contributed by atoms with van der Waals surface area (Å²) < 4.78 is 17.9. The average Bonchev–Trinajstić information content (AvgIpc) is 2.58. The minimum absolute atomic E-state index is 0.257. The molecule has 8 heteroatoms. The summed E-state index contributed by atoms with van der Waals surface area (Å²) in [6.45, 7) is 1.71. The van der Waals surface area contributed by atoms with Crippen molar-refractivity contribution < 1.29 is 33.8 Å². The summed E-state index contributed by atoms with van der Waals surface area (Å²) in [6.07, 6.45) is -2.26. The Morgan fingerprint density at radius 3 is 2.38 bits per heavy atom. The molecule has 0 amide bonds. The summed E-state index contributed by atoms with van der Waals surface area (Å²) in [5, 5.41) is 19.6. The van der Waals surface area contributed by atoms with Crippen molar-refractivity contribution in [2.75, 3.05) is 0 Å². The predicted octanol–water partition coefficient (Wildman–Crippen LogP) is 3.81. The Morgan fingerprint density at radius 1 is 1.12 bits per heavy atom. The van der Waals surface area contributed by atoms with Crippen LogP contribution in [0.1, 0.15) is 37.4 Å². The van der Waals surface area contributed by atoms with Gasteiger partial charge < -0.3 is 15.1 Å². The molecule has 0 aromatic heterocycles. The fraction of sp³-hybridized carbons (Fsp3) is 0.333. The molecule has 140 valence electrons. The van der Waals surface area contributed by atoms with Gasteiger partial charge in [-0.05, 0) is 29.2 Å². The van der Waals surface area contributed by atoms with Crippen LogP contribution in [-0.2, 0) is 18.7 Å². The van der Waals surface area contributed by atoms with Crippen LogP contribution in [0.15, 0.2) is 42.5 Å². The SMILES string of the molecule is CCC(c1cccc2ccccc12)P(=O)(O)OC(CCC(=O)O)C(=O)O. The van der Waals surface area contributed by atoms with Crippen molar-refractivity contribution in [3.05, 3.63) is 48.0 Å². The summed E-state index contributed by atoms with van der Waals surface area (Å²) in [5.41, 5.74) is -0.320. The van der Waals surface area contributed by atoms with E-state index in [1.807, 2.05) is 30.3 Å². The maximum absolute atomic E-state index is 12.9. The van der Waals surface area contributed by atoms with Gasteiger partial charge in [-0.15, -0.1) is 0 Å². The molecule has 26 heavy (non-hydrogen) atoms. The van der Waals surface area contributed by atoms with Gasteiger partial charge in [0.2, 0.25) is 0 Å². The van der Waals surface area contributed by atoms with Gasteiger partial charge in [-0.1, -0.05) is 49.4 Å². The molecule has 3 unspecified atom stereocenters. The molecule has 0 saturated heterocycles. The molecule has 0 aliphatic heterocycles. The average molecular weight is 380 g/mol. The highest BCUT2D eigenvalue weighted by molar-refractivity contribution is 7.53. The standard InChI is InChI=1S/C18H21O7P/c1-2-16(14-9-5-7-12-6-3-4-8-13(12)14)26(23,24)25-15(18(21)22)10-11-17(19)20/h3-9,15-16H,2,10-11H2,1H3,(H,19,20)(H,21,22)(H,23,24). The van der Waals surface area contributed by atoms with Crippen molar-refractivity contribution in [1.29, 1.82) is 0 Å². The van der Waals surface area contributed by atoms with Gasteiger partial charge in [0.05, 0.1) is 5.66 Å². The number of aliphatic carboxylic acids is 2. The summed E-state index contributed by atoms with van der Waals surface area (Å²) in [5.74, 6) is -2.66. The molecule has 0 spiro atoms. The quantitative estimate of drug-likeness (QED) is 0.566. The van der Waals surface area contributed by atoms with E-state index in [2.05, 4.69) is 0 Å². The number of hydrogen-bond donors (Lipinski definition) is 3. The first-order valence-corrected chi connectivity index (χ1v) is 9.84. The smallest absolute Gasteiger partial charge is 0.336 e. The lowest BCUT2D eigenvalue weighted by Gasteiger charge is -2.25. The van der Waals surface area contributed by atoms with E-state index in [4.69, 9.17) is 9.63 Å². The van der Waals surface area contributed by atoms with Gasteiger partial charge in [0.1, 0.15) is 0 Å². The van der Waals surface area contributed by atoms with E-state index >= 15 is 0 Å². The van der Waals surface area contributed by atoms with E-state index in [1.165, 1.54) is 0 Å². The summed E-state index contributed by atoms with van der Waals surface area (Å²) >= 11 is 0. The van der Waals surface area contributed by atoms with Crippen LogP contribution in [0.2, 0.25) is 0 Å². The Bertz CT molecular complexity index is 843. The molecule has 3 N–H and O–H groups in total. The largest absolute Gasteiger partial charge is 0.481 e. The number of carboxylic acid groups (broad SMARTS) is 2. The Labute approximate surface area is 150 Å². The van der Waals surface area contributed by atoms with Crippen LogP contribution in [0.4, 0.5) is 0 Å². The maximum Gasteiger partial charge on any atom is 0.336 e. The van der Waals surface area contributed by atoms with Crippen LogP contribution in [0.25, 0.3) is 10.8 Å². The van der Waals surface area contributed by atoms with Gasteiger partial charge in [-0.2, -0.15) is 0 Å². The van der Waals surface area contributed by atoms with E-state index in [9.17, 15) is 24.2 Å². The number of carboxylic acids is 2. The zero-order chi connectivity index (χ0) is 19.3. The van der Waals surface area contributed by atoms with Gasteiger partial charge in [0.25, 0.3) is 0 Å². The summed E-state index contributed by atoms with van der Waals surface area (Å²) in [6, 6.07) is 12.7. The van der Waals surface area contributed by atoms with E-state index in [0.717, 1.165) is 10.8 Å². The topological polar surface area (TPSA) is 121 Å². The Kier molecular flexibility index (Phi) is 6.53. The molecule has 7 nitrogen and oxygen atoms in total. The summed E-state index contributed by atoms with van der Waals surface area (Å²) in [4.78, 5) is 32.5. The van der Waals surface area contributed by atoms with E-state index < -0.39 is 37.7 Å². The highest BCUT2D eigenvalue weighted by Gasteiger charge is 2.38. The first-order valence-electron chi connectivity index (χ1n) is 8.19. The third-order valence-electron chi connectivity index (χ3n) is 4.14. The van der Waals surface area contributed by atoms with Crippen LogP contribution in [0.3, 0.4) is 0 Å². The van der Waals surface area contributed by atoms with Gasteiger partial charge in [0, 0.05) is 6.42 Å². The molecule has 0 heterocycles. The predicted molar refractivity (Wildman–Crippen MR) is 96.2 cm³/mol. The third-order valence-corrected chi connectivity index (χ3v) is 6.12. The fourth-order valence-electron chi connectivity index (χ4n) is 2.90. The lowest BCUT2D eigenvalue weighted by atomic mass is 10.0. The second-order valence-corrected chi connectivity index (χ2v) is 7.88. The van der Waals surface area contributed by atoms with Crippen LogP contribution >= 0.6 is 7.60 Å². The molecule has 0 saturated carbocycles. The molecule has 2 aromatic carbocycles. The minimum atomic E-state index is -4.37. The number of carbonyl (C=O) groups is 2. The van der Waals surface area contributed by atoms with Crippen LogP contribution in [0, 0.1) is 0 Å². The molecular formula is C18H21O7P. The highest BCUT2D eigenvalue weighted by atomic mass is 31.2. The number of fused-ring (bicyclic) bond motifs is 1. The van der Waals surface area contributed by atoms with E-state index in [0.29, 0.717) is 5.56 Å². The fourth-order valence-corrected chi connectivity index (χ4v) is 4.64. The van der Waals surface area contributed by atoms with Crippen molar-refractivity contribution in [3.63, 3.8) is 0 Å². The van der Waals surface area contributed by atoms with E-state index in [-0.39, 0.29) is 12.8 Å². The molecule has 2 aromatic rings. The minimum Gasteiger partial charge on any atom is -0.481 e. The van der Waals surface area contributed by atoms with E-state index in [1.54, 1.807) is 19.1 Å². The van der Waals surface area contributed by atoms with Gasteiger partial charge in [0.15, 0.2) is 6.10 Å². The normalized spacial score (nSPS) is 15.9. The van der Waals surface area contributed by atoms with Gasteiger partial charge in [-0.3, -0.25) is 13.9 Å². The molecule has 0 fully saturated rings. The zero-order valence-electron chi connectivity index (χ0n) is 14.2. The molecule has 0 bridgehead atoms. The second-order valence-electron chi connectivity index (χ2n) is 5.92. The van der Waals surface area contributed by atoms with Crippen molar-refractivity contribution >= 4 is 30.3 Å². The molecule has 0 radical (unpaired) electrons. The first kappa shape index (κ1) is 20.1. The maximum atomic E-state index is 12.9. The van der Waals surface area contributed by atoms with Crippen molar-refractivity contribution in [3.8, 4) is 0 Å². The number of rotatable bonds is 9. The number of benzene rings is 2. The number of hydrogen-bond acceptors (Lipinski definition) is 4. The molecule has 0 aliphatic carbocycles. The van der Waals surface area contributed by atoms with Gasteiger partial charge >= 0.3 is 19.5 Å². The van der Waals surface area contributed by atoms with Crippen molar-refractivity contribution in [2.24, 2.45) is 0 Å². The first-order chi connectivity index (χ1) is 12.3. The lowest BCUT2D eigenvalue weighted by molar-refractivity contribution is -0.146. The zero-order valence-corrected chi connectivity index (χ0v) is 15.1. The van der Waals surface area contributed by atoms with Gasteiger partial charge in [-0.25, -0.2) is 4.79 Å². The highest BCUT2D eigenvalue weighted by Crippen LogP contribution is 2.60.